The molecule has 4 N–H and O–H groups in total. The topological polar surface area (TPSA) is 67.2 Å². The van der Waals surface area contributed by atoms with Crippen molar-refractivity contribution in [3.8, 4) is 0 Å². The number of hydrogen-bond donors (Lipinski definition) is 3. The summed E-state index contributed by atoms with van der Waals surface area (Å²) >= 11 is 0. The molecule has 1 fully saturated rings. The number of nitrogens with two attached hydrogens (primary N) is 1. The quantitative estimate of drug-likeness (QED) is 0.745. The summed E-state index contributed by atoms with van der Waals surface area (Å²) in [6, 6.07) is 4.55. The minimum Gasteiger partial charge on any atom is -0.397 e. The van der Waals surface area contributed by atoms with Gasteiger partial charge in [0, 0.05) is 18.2 Å². The lowest BCUT2D eigenvalue weighted by atomic mass is 9.84. The van der Waals surface area contributed by atoms with E-state index in [9.17, 15) is 4.79 Å². The maximum atomic E-state index is 11.4. The number of anilines is 3. The number of amides is 1. The van der Waals surface area contributed by atoms with Crippen molar-refractivity contribution in [2.75, 3.05) is 16.4 Å². The summed E-state index contributed by atoms with van der Waals surface area (Å²) < 4.78 is 0. The second-order valence-corrected chi connectivity index (χ2v) is 6.43. The normalized spacial score (nSPS) is 25.1. The van der Waals surface area contributed by atoms with Gasteiger partial charge < -0.3 is 16.4 Å². The molecule has 1 aromatic carbocycles. The molecule has 0 saturated heterocycles. The summed E-state index contributed by atoms with van der Waals surface area (Å²) in [6.45, 7) is 2.28. The van der Waals surface area contributed by atoms with Crippen LogP contribution >= 0.6 is 0 Å². The van der Waals surface area contributed by atoms with E-state index in [0.29, 0.717) is 12.5 Å². The fourth-order valence-corrected chi connectivity index (χ4v) is 3.58. The van der Waals surface area contributed by atoms with Crippen LogP contribution in [0.1, 0.15) is 51.0 Å². The molecule has 1 amide bonds. The average Bonchev–Trinajstić information content (AvgIpc) is 2.48. The lowest BCUT2D eigenvalue weighted by molar-refractivity contribution is -0.116. The number of aryl methyl sites for hydroxylation is 1. The van der Waals surface area contributed by atoms with Gasteiger partial charge in [0.2, 0.25) is 5.91 Å². The van der Waals surface area contributed by atoms with E-state index in [1.54, 1.807) is 0 Å². The maximum absolute atomic E-state index is 11.4. The number of carbonyl (C=O) groups is 1. The molecule has 21 heavy (non-hydrogen) atoms. The Morgan fingerprint density at radius 3 is 3.00 bits per heavy atom. The minimum atomic E-state index is 0.0840. The van der Waals surface area contributed by atoms with Gasteiger partial charge in [-0.15, -0.1) is 0 Å². The molecule has 1 aliphatic heterocycles. The van der Waals surface area contributed by atoms with Crippen LogP contribution in [0.2, 0.25) is 0 Å². The van der Waals surface area contributed by atoms with Gasteiger partial charge in [-0.3, -0.25) is 4.79 Å². The fraction of sp³-hybridized carbons (Fsp3) is 0.588. The Balaban J connectivity index is 1.75. The monoisotopic (exact) mass is 287 g/mol. The Morgan fingerprint density at radius 2 is 2.19 bits per heavy atom. The summed E-state index contributed by atoms with van der Waals surface area (Å²) in [4.78, 5) is 11.4. The predicted molar refractivity (Wildman–Crippen MR) is 87.5 cm³/mol. The van der Waals surface area contributed by atoms with E-state index >= 15 is 0 Å². The molecule has 0 aromatic heterocycles. The van der Waals surface area contributed by atoms with Crippen LogP contribution in [0.5, 0.6) is 0 Å². The molecule has 4 nitrogen and oxygen atoms in total. The number of nitrogens with one attached hydrogen (secondary N) is 2. The zero-order valence-electron chi connectivity index (χ0n) is 12.7. The molecular formula is C17H25N3O. The van der Waals surface area contributed by atoms with Crippen molar-refractivity contribution < 1.29 is 4.79 Å². The van der Waals surface area contributed by atoms with Crippen LogP contribution in [0.4, 0.5) is 17.1 Å². The number of carbonyl (C=O) groups excluding carboxylic acids is 1. The molecule has 4 heteroatoms. The first-order valence-corrected chi connectivity index (χ1v) is 8.14. The second-order valence-electron chi connectivity index (χ2n) is 6.43. The Labute approximate surface area is 126 Å². The smallest absolute Gasteiger partial charge is 0.224 e. The first-order chi connectivity index (χ1) is 10.2. The van der Waals surface area contributed by atoms with E-state index in [-0.39, 0.29) is 5.91 Å². The molecule has 0 radical (unpaired) electrons. The summed E-state index contributed by atoms with van der Waals surface area (Å²) in [5.41, 5.74) is 9.99. The number of rotatable bonds is 3. The molecule has 0 spiro atoms. The van der Waals surface area contributed by atoms with Gasteiger partial charge in [-0.2, -0.15) is 0 Å². The van der Waals surface area contributed by atoms with Crippen molar-refractivity contribution in [1.29, 1.82) is 0 Å². The number of hydrogen-bond acceptors (Lipinski definition) is 3. The molecular weight excluding hydrogens is 262 g/mol. The van der Waals surface area contributed by atoms with Crippen LogP contribution < -0.4 is 16.4 Å². The Bertz CT molecular complexity index is 541. The lowest BCUT2D eigenvalue weighted by Gasteiger charge is -2.30. The van der Waals surface area contributed by atoms with Crippen molar-refractivity contribution in [3.63, 3.8) is 0 Å². The summed E-state index contributed by atoms with van der Waals surface area (Å²) in [6.07, 6.45) is 7.77. The average molecular weight is 287 g/mol. The largest absolute Gasteiger partial charge is 0.397 e. The standard InChI is InChI=1S/C17H25N3O/c1-2-11-4-3-5-13(8-11)19-16-9-12-6-7-17(21)20-15(12)10-14(16)18/h9-11,13,19H,2-8,18H2,1H3,(H,20,21). The van der Waals surface area contributed by atoms with E-state index < -0.39 is 0 Å². The third kappa shape index (κ3) is 3.14. The molecule has 1 saturated carbocycles. The van der Waals surface area contributed by atoms with E-state index in [4.69, 9.17) is 5.73 Å². The minimum absolute atomic E-state index is 0.0840. The highest BCUT2D eigenvalue weighted by molar-refractivity contribution is 5.95. The van der Waals surface area contributed by atoms with Crippen LogP contribution in [0, 0.1) is 5.92 Å². The van der Waals surface area contributed by atoms with Crippen molar-refractivity contribution in [2.45, 2.75) is 57.9 Å². The van der Waals surface area contributed by atoms with Crippen LogP contribution in [-0.4, -0.2) is 11.9 Å². The molecule has 2 aliphatic rings. The Hall–Kier alpha value is -1.71. The Kier molecular flexibility index (Phi) is 4.04. The van der Waals surface area contributed by atoms with Crippen molar-refractivity contribution in [2.24, 2.45) is 5.92 Å². The highest BCUT2D eigenvalue weighted by atomic mass is 16.1. The van der Waals surface area contributed by atoms with E-state index in [1.807, 2.05) is 6.07 Å². The van der Waals surface area contributed by atoms with Gasteiger partial charge in [0.1, 0.15) is 0 Å². The molecule has 0 bridgehead atoms. The molecule has 2 unspecified atom stereocenters. The van der Waals surface area contributed by atoms with Gasteiger partial charge in [0.25, 0.3) is 0 Å². The number of benzene rings is 1. The van der Waals surface area contributed by atoms with Crippen molar-refractivity contribution in [3.05, 3.63) is 17.7 Å². The fourth-order valence-electron chi connectivity index (χ4n) is 3.58. The first-order valence-electron chi connectivity index (χ1n) is 8.14. The molecule has 1 heterocycles. The third-order valence-corrected chi connectivity index (χ3v) is 4.89. The van der Waals surface area contributed by atoms with Crippen LogP contribution in [0.25, 0.3) is 0 Å². The first kappa shape index (κ1) is 14.2. The van der Waals surface area contributed by atoms with Gasteiger partial charge in [-0.05, 0) is 42.9 Å². The zero-order chi connectivity index (χ0) is 14.8. The highest BCUT2D eigenvalue weighted by Crippen LogP contribution is 2.34. The van der Waals surface area contributed by atoms with Gasteiger partial charge in [0.05, 0.1) is 11.4 Å². The van der Waals surface area contributed by atoms with Gasteiger partial charge >= 0.3 is 0 Å². The molecule has 3 rings (SSSR count). The maximum Gasteiger partial charge on any atom is 0.224 e. The SMILES string of the molecule is CCC1CCCC(Nc2cc3c(cc2N)NC(=O)CC3)C1. The summed E-state index contributed by atoms with van der Waals surface area (Å²) in [5.74, 6) is 0.926. The van der Waals surface area contributed by atoms with Crippen LogP contribution in [0.3, 0.4) is 0 Å². The molecule has 1 aliphatic carbocycles. The van der Waals surface area contributed by atoms with Crippen molar-refractivity contribution in [1.82, 2.24) is 0 Å². The summed E-state index contributed by atoms with van der Waals surface area (Å²) in [5, 5.41) is 6.54. The predicted octanol–water partition coefficient (Wildman–Crippen LogP) is 3.53. The molecule has 2 atom stereocenters. The second kappa shape index (κ2) is 5.96. The van der Waals surface area contributed by atoms with Gasteiger partial charge in [-0.25, -0.2) is 0 Å². The van der Waals surface area contributed by atoms with Crippen LogP contribution in [-0.2, 0) is 11.2 Å². The van der Waals surface area contributed by atoms with E-state index in [0.717, 1.165) is 29.4 Å². The summed E-state index contributed by atoms with van der Waals surface area (Å²) in [7, 11) is 0. The lowest BCUT2D eigenvalue weighted by Crippen LogP contribution is -2.28. The third-order valence-electron chi connectivity index (χ3n) is 4.89. The zero-order valence-corrected chi connectivity index (χ0v) is 12.7. The van der Waals surface area contributed by atoms with Gasteiger partial charge in [0.15, 0.2) is 0 Å². The van der Waals surface area contributed by atoms with Crippen LogP contribution in [0.15, 0.2) is 12.1 Å². The van der Waals surface area contributed by atoms with E-state index in [1.165, 1.54) is 37.7 Å². The Morgan fingerprint density at radius 1 is 1.33 bits per heavy atom. The number of nitrogen functional groups attached to an aromatic ring is 1. The molecule has 114 valence electrons. The molecule has 1 aromatic rings. The van der Waals surface area contributed by atoms with Gasteiger partial charge in [-0.1, -0.05) is 26.2 Å². The number of fused-ring (bicyclic) bond motifs is 1. The van der Waals surface area contributed by atoms with Crippen molar-refractivity contribution >= 4 is 23.0 Å². The van der Waals surface area contributed by atoms with E-state index in [2.05, 4.69) is 23.6 Å². The highest BCUT2D eigenvalue weighted by Gasteiger charge is 2.22.